The smallest absolute Gasteiger partial charge is 0.306 e. The molecule has 0 heterocycles. The quantitative estimate of drug-likeness (QED) is 0.0322. The van der Waals surface area contributed by atoms with Gasteiger partial charge in [-0.15, -0.1) is 0 Å². The molecule has 1 amide bonds. The van der Waals surface area contributed by atoms with E-state index in [-0.39, 0.29) is 24.9 Å². The third kappa shape index (κ3) is 42.8. The van der Waals surface area contributed by atoms with Crippen molar-refractivity contribution in [2.45, 2.75) is 289 Å². The van der Waals surface area contributed by atoms with Gasteiger partial charge in [-0.1, -0.05) is 237 Å². The molecule has 0 aromatic rings. The Hall–Kier alpha value is -1.92. The standard InChI is InChI=1S/C54H101NO5/c1-4-7-10-13-16-19-22-24-26-28-30-32-35-38-41-44-47-54(59)60-50(45-42-39-36-33-31-29-27-25-23-20-17-14-11-8-5-2)48-53(58)55-51(49-56)52(57)46-43-40-37-34-21-18-15-12-9-6-3/h7,10,16,19,24,26,50-52,56-57H,4-6,8-9,11-15,17-18,20-23,25,27-49H2,1-3H3,(H,55,58)/b10-7+,19-16+,26-24+. The molecule has 3 atom stereocenters. The molecular formula is C54H101NO5. The highest BCUT2D eigenvalue weighted by atomic mass is 16.5. The van der Waals surface area contributed by atoms with Gasteiger partial charge in [0.15, 0.2) is 0 Å². The predicted molar refractivity (Wildman–Crippen MR) is 259 cm³/mol. The fourth-order valence-corrected chi connectivity index (χ4v) is 8.03. The van der Waals surface area contributed by atoms with Crippen LogP contribution in [0.2, 0.25) is 0 Å². The molecule has 0 saturated heterocycles. The molecule has 0 rings (SSSR count). The number of aliphatic hydroxyl groups is 2. The van der Waals surface area contributed by atoms with E-state index < -0.39 is 18.2 Å². The number of allylic oxidation sites excluding steroid dienone is 6. The zero-order chi connectivity index (χ0) is 43.8. The van der Waals surface area contributed by atoms with Crippen LogP contribution < -0.4 is 5.32 Å². The third-order valence-corrected chi connectivity index (χ3v) is 12.0. The Morgan fingerprint density at radius 3 is 1.37 bits per heavy atom. The average Bonchev–Trinajstić information content (AvgIpc) is 3.24. The van der Waals surface area contributed by atoms with Crippen molar-refractivity contribution in [2.24, 2.45) is 0 Å². The van der Waals surface area contributed by atoms with Gasteiger partial charge in [0.05, 0.1) is 25.2 Å². The summed E-state index contributed by atoms with van der Waals surface area (Å²) >= 11 is 0. The van der Waals surface area contributed by atoms with Gasteiger partial charge in [-0.2, -0.15) is 0 Å². The number of aliphatic hydroxyl groups excluding tert-OH is 2. The van der Waals surface area contributed by atoms with E-state index >= 15 is 0 Å². The number of hydrogen-bond acceptors (Lipinski definition) is 5. The first-order valence-electron chi connectivity index (χ1n) is 26.2. The Morgan fingerprint density at radius 2 is 0.900 bits per heavy atom. The Kier molecular flexibility index (Phi) is 46.6. The minimum atomic E-state index is -0.786. The summed E-state index contributed by atoms with van der Waals surface area (Å²) < 4.78 is 5.94. The van der Waals surface area contributed by atoms with Crippen LogP contribution in [-0.4, -0.2) is 46.9 Å². The summed E-state index contributed by atoms with van der Waals surface area (Å²) in [4.78, 5) is 26.1. The van der Waals surface area contributed by atoms with E-state index in [1.165, 1.54) is 148 Å². The Bertz CT molecular complexity index is 993. The highest BCUT2D eigenvalue weighted by Gasteiger charge is 2.24. The maximum absolute atomic E-state index is 13.2. The van der Waals surface area contributed by atoms with Gasteiger partial charge in [0.1, 0.15) is 6.10 Å². The van der Waals surface area contributed by atoms with E-state index in [1.807, 2.05) is 0 Å². The van der Waals surface area contributed by atoms with E-state index in [4.69, 9.17) is 4.74 Å². The molecule has 60 heavy (non-hydrogen) atoms. The normalized spacial score (nSPS) is 13.5. The van der Waals surface area contributed by atoms with Crippen LogP contribution in [0.1, 0.15) is 271 Å². The lowest BCUT2D eigenvalue weighted by atomic mass is 10.0. The van der Waals surface area contributed by atoms with Crippen LogP contribution in [0.3, 0.4) is 0 Å². The predicted octanol–water partition coefficient (Wildman–Crippen LogP) is 15.7. The van der Waals surface area contributed by atoms with Gasteiger partial charge in [0, 0.05) is 6.42 Å². The van der Waals surface area contributed by atoms with Gasteiger partial charge in [-0.05, 0) is 57.8 Å². The summed E-state index contributed by atoms with van der Waals surface area (Å²) in [6.07, 6.45) is 56.3. The molecule has 352 valence electrons. The number of amides is 1. The average molecular weight is 844 g/mol. The third-order valence-electron chi connectivity index (χ3n) is 12.0. The van der Waals surface area contributed by atoms with Crippen molar-refractivity contribution in [3.63, 3.8) is 0 Å². The minimum absolute atomic E-state index is 0.0762. The van der Waals surface area contributed by atoms with Crippen molar-refractivity contribution >= 4 is 11.9 Å². The van der Waals surface area contributed by atoms with Crippen LogP contribution in [0.25, 0.3) is 0 Å². The first kappa shape index (κ1) is 58.1. The molecule has 0 aromatic heterocycles. The molecule has 0 fully saturated rings. The van der Waals surface area contributed by atoms with E-state index in [0.717, 1.165) is 77.0 Å². The zero-order valence-electron chi connectivity index (χ0n) is 40.1. The monoisotopic (exact) mass is 844 g/mol. The number of carbonyl (C=O) groups excluding carboxylic acids is 2. The summed E-state index contributed by atoms with van der Waals surface area (Å²) in [6.45, 7) is 6.38. The van der Waals surface area contributed by atoms with Gasteiger partial charge in [-0.25, -0.2) is 0 Å². The number of carbonyl (C=O) groups is 2. The number of nitrogens with one attached hydrogen (secondary N) is 1. The largest absolute Gasteiger partial charge is 0.462 e. The minimum Gasteiger partial charge on any atom is -0.462 e. The second kappa shape index (κ2) is 48.1. The molecule has 3 unspecified atom stereocenters. The van der Waals surface area contributed by atoms with Gasteiger partial charge >= 0.3 is 5.97 Å². The van der Waals surface area contributed by atoms with E-state index in [1.54, 1.807) is 0 Å². The van der Waals surface area contributed by atoms with Crippen LogP contribution in [0.15, 0.2) is 36.5 Å². The second-order valence-corrected chi connectivity index (χ2v) is 17.9. The maximum Gasteiger partial charge on any atom is 0.306 e. The Morgan fingerprint density at radius 1 is 0.500 bits per heavy atom. The van der Waals surface area contributed by atoms with Gasteiger partial charge < -0.3 is 20.3 Å². The van der Waals surface area contributed by atoms with E-state index in [2.05, 4.69) is 62.5 Å². The zero-order valence-corrected chi connectivity index (χ0v) is 40.1. The van der Waals surface area contributed by atoms with Crippen molar-refractivity contribution in [2.75, 3.05) is 6.61 Å². The molecule has 0 bridgehead atoms. The molecule has 6 nitrogen and oxygen atoms in total. The van der Waals surface area contributed by atoms with Crippen LogP contribution in [0, 0.1) is 0 Å². The van der Waals surface area contributed by atoms with Crippen LogP contribution in [-0.2, 0) is 14.3 Å². The van der Waals surface area contributed by atoms with Gasteiger partial charge in [-0.3, -0.25) is 9.59 Å². The fraction of sp³-hybridized carbons (Fsp3) is 0.852. The highest BCUT2D eigenvalue weighted by Crippen LogP contribution is 2.18. The molecule has 0 saturated carbocycles. The number of unbranched alkanes of at least 4 members (excludes halogenated alkanes) is 29. The lowest BCUT2D eigenvalue weighted by molar-refractivity contribution is -0.151. The Labute approximate surface area is 373 Å². The SMILES string of the molecule is CC/C=C/C/C=C/C/C=C/CCCCCCCCC(=O)OC(CCCCCCCCCCCCCCCCC)CC(=O)NC(CO)C(O)CCCCCCCCCCCC. The molecule has 0 aromatic carbocycles. The molecule has 0 spiro atoms. The summed E-state index contributed by atoms with van der Waals surface area (Å²) in [5.41, 5.74) is 0. The van der Waals surface area contributed by atoms with Crippen molar-refractivity contribution in [1.29, 1.82) is 0 Å². The highest BCUT2D eigenvalue weighted by molar-refractivity contribution is 5.77. The van der Waals surface area contributed by atoms with Crippen LogP contribution in [0.5, 0.6) is 0 Å². The molecule has 0 aliphatic heterocycles. The van der Waals surface area contributed by atoms with E-state index in [0.29, 0.717) is 19.3 Å². The molecule has 6 heteroatoms. The summed E-state index contributed by atoms with van der Waals surface area (Å²) in [5.74, 6) is -0.477. The lowest BCUT2D eigenvalue weighted by Crippen LogP contribution is -2.46. The maximum atomic E-state index is 13.2. The van der Waals surface area contributed by atoms with Crippen LogP contribution in [0.4, 0.5) is 0 Å². The van der Waals surface area contributed by atoms with Gasteiger partial charge in [0.25, 0.3) is 0 Å². The number of esters is 1. The second-order valence-electron chi connectivity index (χ2n) is 17.9. The van der Waals surface area contributed by atoms with Crippen molar-refractivity contribution in [3.8, 4) is 0 Å². The fourth-order valence-electron chi connectivity index (χ4n) is 8.03. The first-order chi connectivity index (χ1) is 29.5. The Balaban J connectivity index is 4.57. The molecule has 0 aliphatic carbocycles. The number of ether oxygens (including phenoxy) is 1. The molecular weight excluding hydrogens is 743 g/mol. The molecule has 0 aliphatic rings. The van der Waals surface area contributed by atoms with Crippen LogP contribution >= 0.6 is 0 Å². The molecule has 3 N–H and O–H groups in total. The lowest BCUT2D eigenvalue weighted by Gasteiger charge is -2.24. The molecule has 0 radical (unpaired) electrons. The van der Waals surface area contributed by atoms with E-state index in [9.17, 15) is 19.8 Å². The van der Waals surface area contributed by atoms with Crippen molar-refractivity contribution < 1.29 is 24.5 Å². The summed E-state index contributed by atoms with van der Waals surface area (Å²) in [5, 5.41) is 23.7. The first-order valence-corrected chi connectivity index (χ1v) is 26.2. The number of rotatable bonds is 47. The topological polar surface area (TPSA) is 95.9 Å². The summed E-state index contributed by atoms with van der Waals surface area (Å²) in [7, 11) is 0. The van der Waals surface area contributed by atoms with Gasteiger partial charge in [0.2, 0.25) is 5.91 Å². The van der Waals surface area contributed by atoms with Crippen molar-refractivity contribution in [1.82, 2.24) is 5.32 Å². The summed E-state index contributed by atoms with van der Waals surface area (Å²) in [6, 6.07) is -0.700. The van der Waals surface area contributed by atoms with Crippen molar-refractivity contribution in [3.05, 3.63) is 36.5 Å². The number of hydrogen-bond donors (Lipinski definition) is 3.